The normalized spacial score (nSPS) is 15.8. The summed E-state index contributed by atoms with van der Waals surface area (Å²) in [4.78, 5) is 18.1. The van der Waals surface area contributed by atoms with Gasteiger partial charge in [0.25, 0.3) is 0 Å². The molecule has 3 heterocycles. The van der Waals surface area contributed by atoms with Crippen molar-refractivity contribution in [2.24, 2.45) is 0 Å². The van der Waals surface area contributed by atoms with Crippen LogP contribution in [0, 0.1) is 20.8 Å². The highest BCUT2D eigenvalue weighted by molar-refractivity contribution is 5.84. The zero-order valence-corrected chi connectivity index (χ0v) is 18.1. The van der Waals surface area contributed by atoms with Gasteiger partial charge in [-0.15, -0.1) is 0 Å². The number of hydrogen-bond donors (Lipinski definition) is 1. The molecule has 0 amide bonds. The molecule has 0 atom stereocenters. The SMILES string of the molecule is Cc1cc2nc(N3CCCN(Cc4c[nH]c5ccccc45)CC3)nc(C)c2cc1C. The Morgan fingerprint density at radius 1 is 0.900 bits per heavy atom. The summed E-state index contributed by atoms with van der Waals surface area (Å²) in [6.45, 7) is 11.5. The van der Waals surface area contributed by atoms with E-state index in [4.69, 9.17) is 9.97 Å². The van der Waals surface area contributed by atoms with Gasteiger partial charge in [-0.3, -0.25) is 4.90 Å². The van der Waals surface area contributed by atoms with E-state index in [0.717, 1.165) is 61.7 Å². The number of H-pyrrole nitrogens is 1. The fraction of sp³-hybridized carbons (Fsp3) is 0.360. The Balaban J connectivity index is 1.35. The number of nitrogens with one attached hydrogen (secondary N) is 1. The fourth-order valence-electron chi connectivity index (χ4n) is 4.50. The van der Waals surface area contributed by atoms with Gasteiger partial charge in [0.2, 0.25) is 5.95 Å². The quantitative estimate of drug-likeness (QED) is 0.540. The number of aromatic nitrogens is 3. The van der Waals surface area contributed by atoms with E-state index in [2.05, 4.69) is 78.2 Å². The van der Waals surface area contributed by atoms with Crippen molar-refractivity contribution in [3.8, 4) is 0 Å². The van der Waals surface area contributed by atoms with Crippen molar-refractivity contribution in [1.29, 1.82) is 0 Å². The Hall–Kier alpha value is -2.92. The summed E-state index contributed by atoms with van der Waals surface area (Å²) in [7, 11) is 0. The van der Waals surface area contributed by atoms with Gasteiger partial charge in [-0.05, 0) is 62.1 Å². The van der Waals surface area contributed by atoms with E-state index in [1.165, 1.54) is 27.6 Å². The minimum Gasteiger partial charge on any atom is -0.361 e. The van der Waals surface area contributed by atoms with E-state index < -0.39 is 0 Å². The lowest BCUT2D eigenvalue weighted by atomic mass is 10.1. The number of para-hydroxylation sites is 1. The summed E-state index contributed by atoms with van der Waals surface area (Å²) in [5.74, 6) is 0.872. The van der Waals surface area contributed by atoms with Crippen molar-refractivity contribution < 1.29 is 0 Å². The lowest BCUT2D eigenvalue weighted by Gasteiger charge is -2.22. The standard InChI is InChI=1S/C25H29N5/c1-17-13-22-19(3)27-25(28-24(22)14-18(17)2)30-10-6-9-29(11-12-30)16-20-15-26-23-8-5-4-7-21(20)23/h4-5,7-8,13-15,26H,6,9-12,16H2,1-3H3. The topological polar surface area (TPSA) is 48.1 Å². The van der Waals surface area contributed by atoms with E-state index in [0.29, 0.717) is 0 Å². The third-order valence-electron chi connectivity index (χ3n) is 6.43. The summed E-state index contributed by atoms with van der Waals surface area (Å²) >= 11 is 0. The lowest BCUT2D eigenvalue weighted by Crippen LogP contribution is -2.31. The molecule has 4 aromatic rings. The highest BCUT2D eigenvalue weighted by Crippen LogP contribution is 2.24. The number of aromatic amines is 1. The van der Waals surface area contributed by atoms with Crippen LogP contribution in [0.15, 0.2) is 42.6 Å². The highest BCUT2D eigenvalue weighted by Gasteiger charge is 2.19. The number of hydrogen-bond acceptors (Lipinski definition) is 4. The molecular weight excluding hydrogens is 370 g/mol. The molecule has 0 radical (unpaired) electrons. The molecule has 5 rings (SSSR count). The van der Waals surface area contributed by atoms with E-state index in [9.17, 15) is 0 Å². The van der Waals surface area contributed by atoms with Crippen LogP contribution in [0.2, 0.25) is 0 Å². The van der Waals surface area contributed by atoms with Crippen molar-refractivity contribution in [3.05, 3.63) is 65.0 Å². The largest absolute Gasteiger partial charge is 0.361 e. The van der Waals surface area contributed by atoms with Gasteiger partial charge in [-0.1, -0.05) is 18.2 Å². The Morgan fingerprint density at radius 2 is 1.73 bits per heavy atom. The molecule has 1 aliphatic heterocycles. The molecule has 1 N–H and O–H groups in total. The average molecular weight is 400 g/mol. The van der Waals surface area contributed by atoms with Gasteiger partial charge >= 0.3 is 0 Å². The summed E-state index contributed by atoms with van der Waals surface area (Å²) < 4.78 is 0. The molecule has 5 heteroatoms. The third-order valence-corrected chi connectivity index (χ3v) is 6.43. The van der Waals surface area contributed by atoms with Crippen LogP contribution < -0.4 is 4.90 Å². The maximum atomic E-state index is 4.94. The number of rotatable bonds is 3. The summed E-state index contributed by atoms with van der Waals surface area (Å²) in [5.41, 5.74) is 7.30. The first-order valence-electron chi connectivity index (χ1n) is 10.9. The molecule has 2 aromatic heterocycles. The molecule has 0 unspecified atom stereocenters. The van der Waals surface area contributed by atoms with Crippen molar-refractivity contribution in [2.75, 3.05) is 31.1 Å². The first-order chi connectivity index (χ1) is 14.6. The minimum absolute atomic E-state index is 0.872. The van der Waals surface area contributed by atoms with Crippen molar-refractivity contribution >= 4 is 27.8 Å². The predicted octanol–water partition coefficient (Wildman–Crippen LogP) is 4.75. The number of aryl methyl sites for hydroxylation is 3. The number of fused-ring (bicyclic) bond motifs is 2. The Kier molecular flexibility index (Phi) is 4.91. The maximum absolute atomic E-state index is 4.94. The average Bonchev–Trinajstić information content (AvgIpc) is 2.99. The summed E-state index contributed by atoms with van der Waals surface area (Å²) in [6, 6.07) is 13.0. The van der Waals surface area contributed by atoms with Crippen LogP contribution in [0.1, 0.15) is 28.8 Å². The lowest BCUT2D eigenvalue weighted by molar-refractivity contribution is 0.286. The van der Waals surface area contributed by atoms with Crippen LogP contribution in [-0.2, 0) is 6.54 Å². The molecule has 0 saturated carbocycles. The molecular formula is C25H29N5. The van der Waals surface area contributed by atoms with Gasteiger partial charge in [-0.25, -0.2) is 9.97 Å². The molecule has 0 bridgehead atoms. The zero-order chi connectivity index (χ0) is 20.7. The Morgan fingerprint density at radius 3 is 2.63 bits per heavy atom. The van der Waals surface area contributed by atoms with Crippen LogP contribution in [0.5, 0.6) is 0 Å². The van der Waals surface area contributed by atoms with Gasteiger partial charge in [0.1, 0.15) is 0 Å². The van der Waals surface area contributed by atoms with Crippen LogP contribution >= 0.6 is 0 Å². The second-order valence-electron chi connectivity index (χ2n) is 8.54. The molecule has 30 heavy (non-hydrogen) atoms. The molecule has 0 spiro atoms. The van der Waals surface area contributed by atoms with Crippen molar-refractivity contribution in [1.82, 2.24) is 19.9 Å². The van der Waals surface area contributed by atoms with E-state index in [-0.39, 0.29) is 0 Å². The fourth-order valence-corrected chi connectivity index (χ4v) is 4.50. The van der Waals surface area contributed by atoms with Gasteiger partial charge in [0.15, 0.2) is 0 Å². The van der Waals surface area contributed by atoms with Crippen LogP contribution in [0.4, 0.5) is 5.95 Å². The first kappa shape index (κ1) is 19.1. The number of nitrogens with zero attached hydrogens (tertiary/aromatic N) is 4. The van der Waals surface area contributed by atoms with E-state index in [1.54, 1.807) is 0 Å². The van der Waals surface area contributed by atoms with E-state index >= 15 is 0 Å². The maximum Gasteiger partial charge on any atom is 0.226 e. The van der Waals surface area contributed by atoms with Crippen LogP contribution in [0.3, 0.4) is 0 Å². The Bertz CT molecular complexity index is 1210. The van der Waals surface area contributed by atoms with Gasteiger partial charge in [0, 0.05) is 55.2 Å². The second kappa shape index (κ2) is 7.73. The molecule has 0 aliphatic carbocycles. The number of anilines is 1. The summed E-state index contributed by atoms with van der Waals surface area (Å²) in [5, 5.41) is 2.50. The van der Waals surface area contributed by atoms with Gasteiger partial charge in [-0.2, -0.15) is 0 Å². The highest BCUT2D eigenvalue weighted by atomic mass is 15.3. The molecule has 1 saturated heterocycles. The monoisotopic (exact) mass is 399 g/mol. The van der Waals surface area contributed by atoms with Crippen molar-refractivity contribution in [2.45, 2.75) is 33.7 Å². The van der Waals surface area contributed by atoms with Crippen molar-refractivity contribution in [3.63, 3.8) is 0 Å². The van der Waals surface area contributed by atoms with Crippen LogP contribution in [-0.4, -0.2) is 46.0 Å². The van der Waals surface area contributed by atoms with Gasteiger partial charge < -0.3 is 9.88 Å². The second-order valence-corrected chi connectivity index (χ2v) is 8.54. The summed E-state index contributed by atoms with van der Waals surface area (Å²) in [6.07, 6.45) is 3.28. The van der Waals surface area contributed by atoms with Gasteiger partial charge in [0.05, 0.1) is 11.2 Å². The van der Waals surface area contributed by atoms with Crippen LogP contribution in [0.25, 0.3) is 21.8 Å². The zero-order valence-electron chi connectivity index (χ0n) is 18.1. The molecule has 154 valence electrons. The molecule has 1 fully saturated rings. The number of benzene rings is 2. The molecule has 5 nitrogen and oxygen atoms in total. The minimum atomic E-state index is 0.872. The Labute approximate surface area is 177 Å². The molecule has 1 aliphatic rings. The predicted molar refractivity (Wildman–Crippen MR) is 124 cm³/mol. The first-order valence-corrected chi connectivity index (χ1v) is 10.9. The molecule has 2 aromatic carbocycles. The third kappa shape index (κ3) is 3.54. The smallest absolute Gasteiger partial charge is 0.226 e. The van der Waals surface area contributed by atoms with E-state index in [1.807, 2.05) is 0 Å².